The SMILES string of the molecule is N#C[C@H]1C[C@@H](F)CN1C(=O)CN(C(=O)OCc1ccccc1)C12CCC(C(=O)N3CCC(F)C3)(CC1)CC2. The lowest BCUT2D eigenvalue weighted by Gasteiger charge is -2.56. The predicted octanol–water partition coefficient (Wildman–Crippen LogP) is 3.75. The van der Waals surface area contributed by atoms with Gasteiger partial charge in [0.05, 0.1) is 19.2 Å². The van der Waals surface area contributed by atoms with Crippen LogP contribution in [-0.4, -0.2) is 82.7 Å². The summed E-state index contributed by atoms with van der Waals surface area (Å²) >= 11 is 0. The third kappa shape index (κ3) is 4.95. The molecule has 3 aliphatic carbocycles. The predicted molar refractivity (Wildman–Crippen MR) is 133 cm³/mol. The van der Waals surface area contributed by atoms with Gasteiger partial charge in [0.2, 0.25) is 11.8 Å². The fourth-order valence-electron chi connectivity index (χ4n) is 6.76. The van der Waals surface area contributed by atoms with Crippen LogP contribution in [0.1, 0.15) is 56.9 Å². The number of rotatable bonds is 6. The Kier molecular flexibility index (Phi) is 7.30. The van der Waals surface area contributed by atoms with Gasteiger partial charge in [0, 0.05) is 23.9 Å². The number of alkyl halides is 2. The number of likely N-dealkylation sites (tertiary alicyclic amines) is 2. The molecule has 1 aromatic carbocycles. The van der Waals surface area contributed by atoms with Crippen LogP contribution in [0.25, 0.3) is 0 Å². The molecule has 0 N–H and O–H groups in total. The van der Waals surface area contributed by atoms with E-state index in [1.807, 2.05) is 36.4 Å². The summed E-state index contributed by atoms with van der Waals surface area (Å²) in [6, 6.07) is 10.4. The van der Waals surface area contributed by atoms with Crippen LogP contribution in [0.5, 0.6) is 0 Å². The highest BCUT2D eigenvalue weighted by atomic mass is 19.1. The van der Waals surface area contributed by atoms with Crippen molar-refractivity contribution in [1.82, 2.24) is 14.7 Å². The molecule has 2 aliphatic heterocycles. The Morgan fingerprint density at radius 2 is 1.71 bits per heavy atom. The van der Waals surface area contributed by atoms with Crippen LogP contribution in [0.3, 0.4) is 0 Å². The second kappa shape index (κ2) is 10.5. The molecule has 1 unspecified atom stereocenters. The van der Waals surface area contributed by atoms with E-state index in [1.54, 1.807) is 4.90 Å². The summed E-state index contributed by atoms with van der Waals surface area (Å²) in [4.78, 5) is 44.5. The van der Waals surface area contributed by atoms with Crippen molar-refractivity contribution in [2.24, 2.45) is 5.41 Å². The number of nitriles is 1. The van der Waals surface area contributed by atoms with Crippen molar-refractivity contribution in [3.8, 4) is 6.07 Å². The van der Waals surface area contributed by atoms with Gasteiger partial charge >= 0.3 is 6.09 Å². The number of hydrogen-bond donors (Lipinski definition) is 0. The van der Waals surface area contributed by atoms with E-state index in [0.717, 1.165) is 5.56 Å². The van der Waals surface area contributed by atoms with Crippen molar-refractivity contribution in [3.63, 3.8) is 0 Å². The van der Waals surface area contributed by atoms with E-state index in [0.29, 0.717) is 51.5 Å². The topological polar surface area (TPSA) is 94.0 Å². The molecule has 3 amide bonds. The molecular formula is C28H34F2N4O4. The van der Waals surface area contributed by atoms with Crippen LogP contribution < -0.4 is 0 Å². The first-order valence-corrected chi connectivity index (χ1v) is 13.5. The van der Waals surface area contributed by atoms with Gasteiger partial charge in [-0.3, -0.25) is 14.5 Å². The number of amides is 3. The van der Waals surface area contributed by atoms with Gasteiger partial charge < -0.3 is 14.5 Å². The quantitative estimate of drug-likeness (QED) is 0.561. The summed E-state index contributed by atoms with van der Waals surface area (Å²) in [5.74, 6) is -0.476. The van der Waals surface area contributed by atoms with Gasteiger partial charge in [-0.25, -0.2) is 13.6 Å². The zero-order valence-corrected chi connectivity index (χ0v) is 21.5. The molecule has 2 heterocycles. The Hall–Kier alpha value is -3.22. The first-order chi connectivity index (χ1) is 18.2. The number of carbonyl (C=O) groups is 3. The highest BCUT2D eigenvalue weighted by Crippen LogP contribution is 2.55. The minimum atomic E-state index is -1.27. The summed E-state index contributed by atoms with van der Waals surface area (Å²) in [5, 5.41) is 9.42. The summed E-state index contributed by atoms with van der Waals surface area (Å²) in [5.41, 5.74) is -0.420. The second-order valence-electron chi connectivity index (χ2n) is 11.3. The first kappa shape index (κ1) is 26.4. The maximum atomic E-state index is 14.0. The van der Waals surface area contributed by atoms with Crippen molar-refractivity contribution in [2.45, 2.75) is 81.9 Å². The molecule has 5 fully saturated rings. The van der Waals surface area contributed by atoms with E-state index in [4.69, 9.17) is 4.74 Å². The van der Waals surface area contributed by atoms with Crippen molar-refractivity contribution < 1.29 is 27.9 Å². The Bertz CT molecular complexity index is 1090. The number of carbonyl (C=O) groups excluding carboxylic acids is 3. The molecule has 5 aliphatic rings. The molecule has 0 spiro atoms. The minimum Gasteiger partial charge on any atom is -0.445 e. The van der Waals surface area contributed by atoms with Gasteiger partial charge in [0.1, 0.15) is 31.5 Å². The highest BCUT2D eigenvalue weighted by molar-refractivity contribution is 5.85. The lowest BCUT2D eigenvalue weighted by Crippen LogP contribution is -2.63. The number of halogens is 2. The van der Waals surface area contributed by atoms with Crippen LogP contribution in [0.15, 0.2) is 30.3 Å². The fraction of sp³-hybridized carbons (Fsp3) is 0.643. The number of benzene rings is 1. The zero-order chi connectivity index (χ0) is 26.9. The third-order valence-electron chi connectivity index (χ3n) is 9.09. The molecular weight excluding hydrogens is 494 g/mol. The number of nitrogens with zero attached hydrogens (tertiary/aromatic N) is 4. The summed E-state index contributed by atoms with van der Waals surface area (Å²) in [6.07, 6.45) is 0.660. The van der Waals surface area contributed by atoms with E-state index in [2.05, 4.69) is 0 Å². The van der Waals surface area contributed by atoms with Gasteiger partial charge in [-0.1, -0.05) is 30.3 Å². The molecule has 2 bridgehead atoms. The van der Waals surface area contributed by atoms with E-state index in [9.17, 15) is 28.4 Å². The van der Waals surface area contributed by atoms with Gasteiger partial charge in [-0.15, -0.1) is 0 Å². The Morgan fingerprint density at radius 3 is 2.32 bits per heavy atom. The molecule has 1 aromatic rings. The molecule has 8 nitrogen and oxygen atoms in total. The molecule has 0 aromatic heterocycles. The van der Waals surface area contributed by atoms with E-state index >= 15 is 0 Å². The van der Waals surface area contributed by atoms with Crippen LogP contribution in [0, 0.1) is 16.7 Å². The van der Waals surface area contributed by atoms with Crippen molar-refractivity contribution in [3.05, 3.63) is 35.9 Å². The third-order valence-corrected chi connectivity index (χ3v) is 9.09. The molecule has 0 radical (unpaired) electrons. The maximum absolute atomic E-state index is 14.0. The van der Waals surface area contributed by atoms with Gasteiger partial charge in [0.15, 0.2) is 0 Å². The molecule has 204 valence electrons. The van der Waals surface area contributed by atoms with E-state index in [1.165, 1.54) is 9.80 Å². The van der Waals surface area contributed by atoms with Gasteiger partial charge in [0.25, 0.3) is 0 Å². The summed E-state index contributed by atoms with van der Waals surface area (Å²) < 4.78 is 33.5. The van der Waals surface area contributed by atoms with E-state index < -0.39 is 41.3 Å². The van der Waals surface area contributed by atoms with Crippen LogP contribution in [-0.2, 0) is 20.9 Å². The highest BCUT2D eigenvalue weighted by Gasteiger charge is 2.57. The second-order valence-corrected chi connectivity index (χ2v) is 11.3. The average molecular weight is 529 g/mol. The monoisotopic (exact) mass is 528 g/mol. The average Bonchev–Trinajstić information content (AvgIpc) is 3.56. The lowest BCUT2D eigenvalue weighted by molar-refractivity contribution is -0.153. The van der Waals surface area contributed by atoms with Gasteiger partial charge in [-0.05, 0) is 50.5 Å². The molecule has 38 heavy (non-hydrogen) atoms. The molecule has 6 rings (SSSR count). The maximum Gasteiger partial charge on any atom is 0.411 e. The van der Waals surface area contributed by atoms with Crippen molar-refractivity contribution >= 4 is 17.9 Å². The molecule has 3 saturated carbocycles. The first-order valence-electron chi connectivity index (χ1n) is 13.5. The van der Waals surface area contributed by atoms with E-state index in [-0.39, 0.29) is 38.6 Å². The lowest BCUT2D eigenvalue weighted by atomic mass is 9.56. The van der Waals surface area contributed by atoms with Crippen molar-refractivity contribution in [1.29, 1.82) is 5.26 Å². The zero-order valence-electron chi connectivity index (χ0n) is 21.5. The Morgan fingerprint density at radius 1 is 1.03 bits per heavy atom. The largest absolute Gasteiger partial charge is 0.445 e. The Balaban J connectivity index is 1.33. The molecule has 2 saturated heterocycles. The Labute approximate surface area is 221 Å². The standard InChI is InChI=1S/C28H34F2N4O4/c29-21-6-13-32(16-21)25(36)27-7-10-28(11-8-27,12-9-27)34(26(37)38-19-20-4-2-1-3-5-20)18-24(35)33-17-22(30)14-23(33)15-31/h1-5,21-23H,6-14,16-19H2/t21?,22-,23-,27?,28?/m1/s1. The number of hydrogen-bond acceptors (Lipinski definition) is 5. The number of ether oxygens (including phenoxy) is 1. The van der Waals surface area contributed by atoms with Crippen molar-refractivity contribution in [2.75, 3.05) is 26.2 Å². The normalized spacial score (nSPS) is 32.2. The van der Waals surface area contributed by atoms with Crippen LogP contribution in [0.2, 0.25) is 0 Å². The summed E-state index contributed by atoms with van der Waals surface area (Å²) in [7, 11) is 0. The smallest absolute Gasteiger partial charge is 0.411 e. The summed E-state index contributed by atoms with van der Waals surface area (Å²) in [6.45, 7) is 0.142. The van der Waals surface area contributed by atoms with Gasteiger partial charge in [-0.2, -0.15) is 5.26 Å². The molecule has 3 atom stereocenters. The fourth-order valence-corrected chi connectivity index (χ4v) is 6.76. The minimum absolute atomic E-state index is 0.00291. The molecule has 10 heteroatoms. The van der Waals surface area contributed by atoms with Crippen LogP contribution >= 0.6 is 0 Å². The number of fused-ring (bicyclic) bond motifs is 3. The van der Waals surface area contributed by atoms with Crippen LogP contribution in [0.4, 0.5) is 13.6 Å².